The highest BCUT2D eigenvalue weighted by Gasteiger charge is 2.14. The predicted molar refractivity (Wildman–Crippen MR) is 79.3 cm³/mol. The maximum atomic E-state index is 10.9. The lowest BCUT2D eigenvalue weighted by Crippen LogP contribution is -2.22. The van der Waals surface area contributed by atoms with Crippen LogP contribution < -0.4 is 10.6 Å². The van der Waals surface area contributed by atoms with Crippen LogP contribution in [0.2, 0.25) is 0 Å². The van der Waals surface area contributed by atoms with E-state index in [2.05, 4.69) is 10.6 Å². The fourth-order valence-electron chi connectivity index (χ4n) is 2.34. The van der Waals surface area contributed by atoms with E-state index in [1.165, 1.54) is 0 Å². The van der Waals surface area contributed by atoms with Gasteiger partial charge in [-0.25, -0.2) is 0 Å². The van der Waals surface area contributed by atoms with E-state index in [1.807, 2.05) is 13.0 Å². The second kappa shape index (κ2) is 7.09. The Kier molecular flexibility index (Phi) is 5.17. The number of benzene rings is 1. The Morgan fingerprint density at radius 1 is 1.25 bits per heavy atom. The minimum absolute atomic E-state index is 0.109. The molecule has 1 heterocycles. The van der Waals surface area contributed by atoms with Crippen LogP contribution >= 0.6 is 0 Å². The molecule has 110 valence electrons. The van der Waals surface area contributed by atoms with Crippen LogP contribution in [0.25, 0.3) is 0 Å². The van der Waals surface area contributed by atoms with E-state index in [9.17, 15) is 10.1 Å². The molecule has 1 aromatic carbocycles. The van der Waals surface area contributed by atoms with E-state index >= 15 is 0 Å². The highest BCUT2D eigenvalue weighted by atomic mass is 16.6. The first kappa shape index (κ1) is 14.6. The van der Waals surface area contributed by atoms with Crippen molar-refractivity contribution in [1.29, 1.82) is 0 Å². The van der Waals surface area contributed by atoms with Crippen LogP contribution in [0.1, 0.15) is 19.8 Å². The SMILES string of the molecule is CCNc1cc(NCC2CCOCC2)cc([N+](=O)[O-])c1. The largest absolute Gasteiger partial charge is 0.385 e. The second-order valence-electron chi connectivity index (χ2n) is 4.99. The van der Waals surface area contributed by atoms with Crippen molar-refractivity contribution in [2.75, 3.05) is 36.9 Å². The van der Waals surface area contributed by atoms with Crippen LogP contribution in [-0.4, -0.2) is 31.2 Å². The molecule has 0 unspecified atom stereocenters. The first-order valence-electron chi connectivity index (χ1n) is 7.04. The summed E-state index contributed by atoms with van der Waals surface area (Å²) in [7, 11) is 0. The molecular weight excluding hydrogens is 258 g/mol. The molecule has 0 radical (unpaired) electrons. The number of rotatable bonds is 6. The van der Waals surface area contributed by atoms with Crippen molar-refractivity contribution in [3.05, 3.63) is 28.3 Å². The molecule has 6 heteroatoms. The Morgan fingerprint density at radius 2 is 1.90 bits per heavy atom. The van der Waals surface area contributed by atoms with E-state index in [0.29, 0.717) is 5.92 Å². The summed E-state index contributed by atoms with van der Waals surface area (Å²) in [6.07, 6.45) is 2.09. The molecule has 2 rings (SSSR count). The molecule has 20 heavy (non-hydrogen) atoms. The van der Waals surface area contributed by atoms with E-state index < -0.39 is 0 Å². The highest BCUT2D eigenvalue weighted by molar-refractivity contribution is 5.63. The lowest BCUT2D eigenvalue weighted by Gasteiger charge is -2.22. The number of nitrogens with one attached hydrogen (secondary N) is 2. The zero-order valence-corrected chi connectivity index (χ0v) is 11.7. The first-order chi connectivity index (χ1) is 9.69. The van der Waals surface area contributed by atoms with Crippen molar-refractivity contribution in [3.63, 3.8) is 0 Å². The van der Waals surface area contributed by atoms with Gasteiger partial charge in [0, 0.05) is 49.8 Å². The number of hydrogen-bond acceptors (Lipinski definition) is 5. The van der Waals surface area contributed by atoms with Crippen molar-refractivity contribution in [1.82, 2.24) is 0 Å². The number of anilines is 2. The molecule has 0 aromatic heterocycles. The van der Waals surface area contributed by atoms with Gasteiger partial charge in [-0.15, -0.1) is 0 Å². The molecule has 6 nitrogen and oxygen atoms in total. The van der Waals surface area contributed by atoms with Crippen molar-refractivity contribution < 1.29 is 9.66 Å². The average molecular weight is 279 g/mol. The Hall–Kier alpha value is -1.82. The van der Waals surface area contributed by atoms with Gasteiger partial charge < -0.3 is 15.4 Å². The third-order valence-corrected chi connectivity index (χ3v) is 3.45. The van der Waals surface area contributed by atoms with Gasteiger partial charge in [-0.2, -0.15) is 0 Å². The highest BCUT2D eigenvalue weighted by Crippen LogP contribution is 2.25. The van der Waals surface area contributed by atoms with Crippen LogP contribution in [0.3, 0.4) is 0 Å². The van der Waals surface area contributed by atoms with E-state index in [4.69, 9.17) is 4.74 Å². The van der Waals surface area contributed by atoms with Gasteiger partial charge in [0.1, 0.15) is 0 Å². The molecule has 1 aromatic rings. The minimum Gasteiger partial charge on any atom is -0.385 e. The Labute approximate surface area is 118 Å². The van der Waals surface area contributed by atoms with Crippen molar-refractivity contribution >= 4 is 17.1 Å². The van der Waals surface area contributed by atoms with Gasteiger partial charge in [-0.1, -0.05) is 0 Å². The number of hydrogen-bond donors (Lipinski definition) is 2. The molecule has 1 aliphatic heterocycles. The number of non-ortho nitro benzene ring substituents is 1. The minimum atomic E-state index is -0.361. The summed E-state index contributed by atoms with van der Waals surface area (Å²) in [5, 5.41) is 17.4. The molecule has 1 aliphatic rings. The molecular formula is C14H21N3O3. The van der Waals surface area contributed by atoms with Gasteiger partial charge in [0.05, 0.1) is 4.92 Å². The lowest BCUT2D eigenvalue weighted by atomic mass is 10.0. The van der Waals surface area contributed by atoms with Gasteiger partial charge in [-0.05, 0) is 31.7 Å². The lowest BCUT2D eigenvalue weighted by molar-refractivity contribution is -0.384. The van der Waals surface area contributed by atoms with Gasteiger partial charge >= 0.3 is 0 Å². The normalized spacial score (nSPS) is 15.8. The van der Waals surface area contributed by atoms with Crippen molar-refractivity contribution in [2.24, 2.45) is 5.92 Å². The Balaban J connectivity index is 2.03. The van der Waals surface area contributed by atoms with Crippen LogP contribution in [0.15, 0.2) is 18.2 Å². The standard InChI is InChI=1S/C14H21N3O3/c1-2-15-12-7-13(9-14(8-12)17(18)19)16-10-11-3-5-20-6-4-11/h7-9,11,15-16H,2-6,10H2,1H3. The first-order valence-corrected chi connectivity index (χ1v) is 7.04. The summed E-state index contributed by atoms with van der Waals surface area (Å²) in [5.41, 5.74) is 1.68. The smallest absolute Gasteiger partial charge is 0.273 e. The molecule has 2 N–H and O–H groups in total. The summed E-state index contributed by atoms with van der Waals surface area (Å²) < 4.78 is 5.33. The molecule has 0 atom stereocenters. The van der Waals surface area contributed by atoms with E-state index in [1.54, 1.807) is 12.1 Å². The summed E-state index contributed by atoms with van der Waals surface area (Å²) in [6, 6.07) is 5.05. The van der Waals surface area contributed by atoms with Crippen molar-refractivity contribution in [3.8, 4) is 0 Å². The van der Waals surface area contributed by atoms with Gasteiger partial charge in [0.25, 0.3) is 5.69 Å². The molecule has 0 spiro atoms. The third-order valence-electron chi connectivity index (χ3n) is 3.45. The van der Waals surface area contributed by atoms with Crippen LogP contribution in [-0.2, 0) is 4.74 Å². The Bertz CT molecular complexity index is 459. The summed E-state index contributed by atoms with van der Waals surface area (Å²) in [6.45, 7) is 5.15. The molecule has 1 fully saturated rings. The summed E-state index contributed by atoms with van der Waals surface area (Å²) in [4.78, 5) is 10.6. The van der Waals surface area contributed by atoms with Crippen molar-refractivity contribution in [2.45, 2.75) is 19.8 Å². The number of nitro groups is 1. The number of nitrogens with zero attached hydrogens (tertiary/aromatic N) is 1. The molecule has 0 aliphatic carbocycles. The molecule has 0 amide bonds. The summed E-state index contributed by atoms with van der Waals surface area (Å²) >= 11 is 0. The predicted octanol–water partition coefficient (Wildman–Crippen LogP) is 2.87. The monoisotopic (exact) mass is 279 g/mol. The number of nitro benzene ring substituents is 1. The van der Waals surface area contributed by atoms with E-state index in [-0.39, 0.29) is 10.6 Å². The maximum Gasteiger partial charge on any atom is 0.273 e. The summed E-state index contributed by atoms with van der Waals surface area (Å²) in [5.74, 6) is 0.575. The topological polar surface area (TPSA) is 76.4 Å². The van der Waals surface area contributed by atoms with Crippen LogP contribution in [0, 0.1) is 16.0 Å². The quantitative estimate of drug-likeness (QED) is 0.618. The molecule has 0 bridgehead atoms. The zero-order chi connectivity index (χ0) is 14.4. The zero-order valence-electron chi connectivity index (χ0n) is 11.7. The Morgan fingerprint density at radius 3 is 2.50 bits per heavy atom. The average Bonchev–Trinajstić information content (AvgIpc) is 2.46. The van der Waals surface area contributed by atoms with Gasteiger partial charge in [0.2, 0.25) is 0 Å². The van der Waals surface area contributed by atoms with E-state index in [0.717, 1.165) is 50.5 Å². The number of ether oxygens (including phenoxy) is 1. The molecule has 1 saturated heterocycles. The van der Waals surface area contributed by atoms with Gasteiger partial charge in [0.15, 0.2) is 0 Å². The molecule has 0 saturated carbocycles. The second-order valence-corrected chi connectivity index (χ2v) is 4.99. The van der Waals surface area contributed by atoms with Gasteiger partial charge in [-0.3, -0.25) is 10.1 Å². The van der Waals surface area contributed by atoms with Crippen LogP contribution in [0.4, 0.5) is 17.1 Å². The third kappa shape index (κ3) is 4.09. The van der Waals surface area contributed by atoms with Crippen LogP contribution in [0.5, 0.6) is 0 Å². The maximum absolute atomic E-state index is 10.9. The fraction of sp³-hybridized carbons (Fsp3) is 0.571. The fourth-order valence-corrected chi connectivity index (χ4v) is 2.34.